The van der Waals surface area contributed by atoms with E-state index >= 15 is 0 Å². The SMILES string of the molecule is CC(C)=CCc1cc2c(O)c3c(c(CC=C(C)C)c2oc1=O)OC(C)(C)C=C3. The Bertz CT molecular complexity index is 1070. The number of allylic oxidation sites excluding steroid dienone is 4. The highest BCUT2D eigenvalue weighted by Crippen LogP contribution is 2.45. The van der Waals surface area contributed by atoms with Crippen molar-refractivity contribution in [1.29, 1.82) is 0 Å². The molecule has 0 aliphatic carbocycles. The van der Waals surface area contributed by atoms with Gasteiger partial charge in [-0.1, -0.05) is 23.3 Å². The zero-order valence-electron chi connectivity index (χ0n) is 17.5. The summed E-state index contributed by atoms with van der Waals surface area (Å²) in [6.45, 7) is 11.9. The summed E-state index contributed by atoms with van der Waals surface area (Å²) in [5, 5.41) is 11.5. The molecule has 1 N–H and O–H groups in total. The molecule has 28 heavy (non-hydrogen) atoms. The van der Waals surface area contributed by atoms with Gasteiger partial charge in [-0.25, -0.2) is 4.79 Å². The van der Waals surface area contributed by atoms with Crippen LogP contribution >= 0.6 is 0 Å². The molecular formula is C24H28O4. The Morgan fingerprint density at radius 3 is 2.39 bits per heavy atom. The molecule has 0 fully saturated rings. The Morgan fingerprint density at radius 1 is 1.11 bits per heavy atom. The van der Waals surface area contributed by atoms with Gasteiger partial charge in [0.15, 0.2) is 0 Å². The summed E-state index contributed by atoms with van der Waals surface area (Å²) in [6.07, 6.45) is 8.89. The Labute approximate surface area is 165 Å². The first-order chi connectivity index (χ1) is 13.1. The molecule has 0 amide bonds. The van der Waals surface area contributed by atoms with Crippen molar-refractivity contribution in [2.75, 3.05) is 0 Å². The topological polar surface area (TPSA) is 59.7 Å². The number of aromatic hydroxyl groups is 1. The highest BCUT2D eigenvalue weighted by Gasteiger charge is 2.29. The fourth-order valence-corrected chi connectivity index (χ4v) is 3.23. The molecule has 1 aromatic heterocycles. The minimum Gasteiger partial charge on any atom is -0.506 e. The third-order valence-electron chi connectivity index (χ3n) is 4.78. The van der Waals surface area contributed by atoms with Crippen LogP contribution < -0.4 is 10.4 Å². The van der Waals surface area contributed by atoms with Crippen LogP contribution in [0.2, 0.25) is 0 Å². The number of benzene rings is 1. The van der Waals surface area contributed by atoms with E-state index in [0.29, 0.717) is 40.7 Å². The van der Waals surface area contributed by atoms with E-state index in [1.165, 1.54) is 0 Å². The zero-order chi connectivity index (χ0) is 20.6. The van der Waals surface area contributed by atoms with E-state index in [0.717, 1.165) is 16.7 Å². The van der Waals surface area contributed by atoms with E-state index in [2.05, 4.69) is 6.08 Å². The van der Waals surface area contributed by atoms with Crippen LogP contribution in [0.25, 0.3) is 17.0 Å². The van der Waals surface area contributed by atoms with Gasteiger partial charge in [0.25, 0.3) is 0 Å². The molecule has 2 aromatic rings. The molecule has 1 aromatic carbocycles. The summed E-state index contributed by atoms with van der Waals surface area (Å²) < 4.78 is 11.9. The zero-order valence-corrected chi connectivity index (χ0v) is 17.5. The lowest BCUT2D eigenvalue weighted by Crippen LogP contribution is -2.28. The van der Waals surface area contributed by atoms with E-state index in [1.54, 1.807) is 6.07 Å². The molecule has 2 heterocycles. The van der Waals surface area contributed by atoms with Crippen LogP contribution in [0.5, 0.6) is 11.5 Å². The lowest BCUT2D eigenvalue weighted by Gasteiger charge is -2.30. The summed E-state index contributed by atoms with van der Waals surface area (Å²) in [5.74, 6) is 0.662. The van der Waals surface area contributed by atoms with Gasteiger partial charge in [-0.05, 0) is 72.6 Å². The maximum atomic E-state index is 12.6. The van der Waals surface area contributed by atoms with Crippen LogP contribution in [0.3, 0.4) is 0 Å². The van der Waals surface area contributed by atoms with Crippen LogP contribution in [0.1, 0.15) is 58.2 Å². The summed E-state index contributed by atoms with van der Waals surface area (Å²) in [7, 11) is 0. The summed E-state index contributed by atoms with van der Waals surface area (Å²) in [6, 6.07) is 1.75. The van der Waals surface area contributed by atoms with Crippen LogP contribution in [-0.2, 0) is 12.8 Å². The number of fused-ring (bicyclic) bond motifs is 2. The third-order valence-corrected chi connectivity index (χ3v) is 4.78. The second-order valence-electron chi connectivity index (χ2n) is 8.38. The van der Waals surface area contributed by atoms with Crippen molar-refractivity contribution < 1.29 is 14.3 Å². The lowest BCUT2D eigenvalue weighted by atomic mass is 9.94. The highest BCUT2D eigenvalue weighted by molar-refractivity contribution is 5.94. The normalized spacial score (nSPS) is 14.4. The van der Waals surface area contributed by atoms with E-state index in [-0.39, 0.29) is 11.4 Å². The van der Waals surface area contributed by atoms with Crippen LogP contribution in [0.15, 0.2) is 44.7 Å². The molecule has 0 atom stereocenters. The Hall–Kier alpha value is -2.75. The minimum atomic E-state index is -0.503. The van der Waals surface area contributed by atoms with Gasteiger partial charge in [0.1, 0.15) is 22.7 Å². The van der Waals surface area contributed by atoms with E-state index in [9.17, 15) is 9.90 Å². The molecule has 148 valence electrons. The average Bonchev–Trinajstić information content (AvgIpc) is 2.59. The maximum Gasteiger partial charge on any atom is 0.339 e. The quantitative estimate of drug-likeness (QED) is 0.546. The predicted octanol–water partition coefficient (Wildman–Crippen LogP) is 5.70. The first-order valence-electron chi connectivity index (χ1n) is 9.58. The largest absolute Gasteiger partial charge is 0.506 e. The van der Waals surface area contributed by atoms with Crippen molar-refractivity contribution >= 4 is 17.0 Å². The van der Waals surface area contributed by atoms with Crippen molar-refractivity contribution in [2.45, 2.75) is 60.0 Å². The molecule has 1 aliphatic heterocycles. The second-order valence-corrected chi connectivity index (χ2v) is 8.38. The number of phenols is 1. The lowest BCUT2D eigenvalue weighted by molar-refractivity contribution is 0.157. The van der Waals surface area contributed by atoms with Gasteiger partial charge in [-0.15, -0.1) is 0 Å². The van der Waals surface area contributed by atoms with Crippen molar-refractivity contribution in [2.24, 2.45) is 0 Å². The molecule has 3 rings (SSSR count). The monoisotopic (exact) mass is 380 g/mol. The molecular weight excluding hydrogens is 352 g/mol. The van der Waals surface area contributed by atoms with Crippen molar-refractivity contribution in [3.05, 3.63) is 62.6 Å². The standard InChI is InChI=1S/C24H28O4/c1-14(2)7-9-16-13-19-20(25)17-11-12-24(5,6)28-22(17)18(10-8-15(3)4)21(19)27-23(16)26/h7-8,11-13,25H,9-10H2,1-6H3. The fraction of sp³-hybridized carbons (Fsp3) is 0.375. The van der Waals surface area contributed by atoms with Crippen LogP contribution in [-0.4, -0.2) is 10.7 Å². The van der Waals surface area contributed by atoms with Crippen LogP contribution in [0.4, 0.5) is 0 Å². The molecule has 0 saturated heterocycles. The second kappa shape index (κ2) is 7.34. The molecule has 4 nitrogen and oxygen atoms in total. The molecule has 0 spiro atoms. The van der Waals surface area contributed by atoms with Crippen molar-refractivity contribution in [1.82, 2.24) is 0 Å². The first-order valence-corrected chi connectivity index (χ1v) is 9.58. The number of phenolic OH excluding ortho intramolecular Hbond substituents is 1. The molecule has 0 bridgehead atoms. The van der Waals surface area contributed by atoms with E-state index in [1.807, 2.05) is 59.8 Å². The number of hydrogen-bond acceptors (Lipinski definition) is 4. The average molecular weight is 380 g/mol. The summed E-state index contributed by atoms with van der Waals surface area (Å²) >= 11 is 0. The van der Waals surface area contributed by atoms with Crippen molar-refractivity contribution in [3.8, 4) is 11.5 Å². The Balaban J connectivity index is 2.32. The molecule has 0 unspecified atom stereocenters. The van der Waals surface area contributed by atoms with Crippen molar-refractivity contribution in [3.63, 3.8) is 0 Å². The maximum absolute atomic E-state index is 12.6. The number of rotatable bonds is 4. The highest BCUT2D eigenvalue weighted by atomic mass is 16.5. The Kier molecular flexibility index (Phi) is 5.24. The van der Waals surface area contributed by atoms with Crippen LogP contribution in [0, 0.1) is 0 Å². The fourth-order valence-electron chi connectivity index (χ4n) is 3.23. The third kappa shape index (κ3) is 3.91. The number of hydrogen-bond donors (Lipinski definition) is 1. The Morgan fingerprint density at radius 2 is 1.75 bits per heavy atom. The minimum absolute atomic E-state index is 0.0832. The molecule has 1 aliphatic rings. The smallest absolute Gasteiger partial charge is 0.339 e. The molecule has 4 heteroatoms. The summed E-state index contributed by atoms with van der Waals surface area (Å²) in [4.78, 5) is 12.6. The summed E-state index contributed by atoms with van der Waals surface area (Å²) in [5.41, 5.74) is 3.73. The van der Waals surface area contributed by atoms with Gasteiger partial charge in [-0.3, -0.25) is 0 Å². The molecule has 0 saturated carbocycles. The van der Waals surface area contributed by atoms with Gasteiger partial charge in [0.05, 0.1) is 10.9 Å². The van der Waals surface area contributed by atoms with Gasteiger partial charge >= 0.3 is 5.63 Å². The van der Waals surface area contributed by atoms with Gasteiger partial charge in [0.2, 0.25) is 0 Å². The van der Waals surface area contributed by atoms with Gasteiger partial charge in [0, 0.05) is 11.1 Å². The van der Waals surface area contributed by atoms with E-state index in [4.69, 9.17) is 9.15 Å². The van der Waals surface area contributed by atoms with Gasteiger partial charge < -0.3 is 14.3 Å². The predicted molar refractivity (Wildman–Crippen MR) is 114 cm³/mol. The number of ether oxygens (including phenoxy) is 1. The van der Waals surface area contributed by atoms with Gasteiger partial charge in [-0.2, -0.15) is 0 Å². The molecule has 0 radical (unpaired) electrons. The first kappa shape index (κ1) is 20.0. The van der Waals surface area contributed by atoms with E-state index < -0.39 is 5.60 Å².